The highest BCUT2D eigenvalue weighted by molar-refractivity contribution is 9.10. The molecule has 0 spiro atoms. The normalized spacial score (nSPS) is 10.8. The molecule has 0 N–H and O–H groups in total. The Morgan fingerprint density at radius 1 is 1.05 bits per heavy atom. The summed E-state index contributed by atoms with van der Waals surface area (Å²) >= 11 is 9.39. The maximum absolute atomic E-state index is 11.4. The van der Waals surface area contributed by atoms with Gasteiger partial charge in [-0.3, -0.25) is 9.36 Å². The van der Waals surface area contributed by atoms with Crippen LogP contribution in [0.1, 0.15) is 0 Å². The fourth-order valence-electron chi connectivity index (χ4n) is 2.15. The zero-order valence-electron chi connectivity index (χ0n) is 9.81. The number of aromatic nitrogens is 1. The lowest BCUT2D eigenvalue weighted by atomic mass is 10.1. The number of carbonyl (C=O) groups is 1. The van der Waals surface area contributed by atoms with E-state index in [1.807, 2.05) is 42.5 Å². The Hall–Kier alpha value is -1.58. The van der Waals surface area contributed by atoms with E-state index in [-0.39, 0.29) is 0 Å². The lowest BCUT2D eigenvalue weighted by Gasteiger charge is -2.03. The maximum atomic E-state index is 11.4. The van der Waals surface area contributed by atoms with Crippen molar-refractivity contribution in [3.05, 3.63) is 58.0 Å². The topological polar surface area (TPSA) is 22.0 Å². The number of nitrogens with zero attached hydrogens (tertiary/aromatic N) is 1. The first kappa shape index (κ1) is 12.5. The highest BCUT2D eigenvalue weighted by Gasteiger charge is 2.10. The van der Waals surface area contributed by atoms with Gasteiger partial charge in [-0.05, 0) is 35.9 Å². The first-order valence-electron chi connectivity index (χ1n) is 5.71. The smallest absolute Gasteiger partial charge is 0.218 e. The van der Waals surface area contributed by atoms with Gasteiger partial charge in [-0.2, -0.15) is 0 Å². The second-order valence-electron chi connectivity index (χ2n) is 4.22. The average molecular weight is 335 g/mol. The largest absolute Gasteiger partial charge is 0.282 e. The van der Waals surface area contributed by atoms with Crippen LogP contribution >= 0.6 is 27.5 Å². The Labute approximate surface area is 123 Å². The van der Waals surface area contributed by atoms with E-state index < -0.39 is 0 Å². The van der Waals surface area contributed by atoms with Gasteiger partial charge in [0.25, 0.3) is 0 Å². The van der Waals surface area contributed by atoms with Crippen LogP contribution in [0, 0.1) is 0 Å². The minimum atomic E-state index is 0.621. The molecule has 0 bridgehead atoms. The summed E-state index contributed by atoms with van der Waals surface area (Å²) in [5, 5.41) is 1.62. The molecule has 0 aliphatic heterocycles. The van der Waals surface area contributed by atoms with Crippen LogP contribution < -0.4 is 0 Å². The minimum Gasteiger partial charge on any atom is -0.282 e. The number of hydrogen-bond acceptors (Lipinski definition) is 1. The number of benzene rings is 2. The molecule has 94 valence electrons. The van der Waals surface area contributed by atoms with Crippen molar-refractivity contribution < 1.29 is 4.79 Å². The van der Waals surface area contributed by atoms with Crippen LogP contribution in [0.2, 0.25) is 5.02 Å². The van der Waals surface area contributed by atoms with Crippen LogP contribution in [0.5, 0.6) is 0 Å². The molecule has 0 aliphatic rings. The number of rotatable bonds is 2. The van der Waals surface area contributed by atoms with E-state index in [9.17, 15) is 4.79 Å². The fraction of sp³-hybridized carbons (Fsp3) is 0. The van der Waals surface area contributed by atoms with E-state index in [0.29, 0.717) is 5.02 Å². The Kier molecular flexibility index (Phi) is 3.17. The SMILES string of the molecule is O=Cn1c(-c2ccc(Br)cc2)cc2ccc(Cl)cc21. The lowest BCUT2D eigenvalue weighted by molar-refractivity contribution is 0.549. The van der Waals surface area contributed by atoms with Crippen molar-refractivity contribution in [2.24, 2.45) is 0 Å². The molecule has 0 atom stereocenters. The first-order valence-corrected chi connectivity index (χ1v) is 6.88. The van der Waals surface area contributed by atoms with Gasteiger partial charge in [-0.15, -0.1) is 0 Å². The molecule has 0 saturated heterocycles. The summed E-state index contributed by atoms with van der Waals surface area (Å²) in [5.41, 5.74) is 2.67. The molecule has 1 heterocycles. The molecule has 2 aromatic carbocycles. The van der Waals surface area contributed by atoms with E-state index in [2.05, 4.69) is 15.9 Å². The van der Waals surface area contributed by atoms with Gasteiger partial charge in [0.1, 0.15) is 0 Å². The first-order chi connectivity index (χ1) is 9.19. The Balaban J connectivity index is 2.28. The molecule has 19 heavy (non-hydrogen) atoms. The Morgan fingerprint density at radius 2 is 1.79 bits per heavy atom. The van der Waals surface area contributed by atoms with E-state index in [1.165, 1.54) is 0 Å². The summed E-state index contributed by atoms with van der Waals surface area (Å²) in [6.07, 6.45) is 0.816. The van der Waals surface area contributed by atoms with Crippen molar-refractivity contribution in [1.82, 2.24) is 4.57 Å². The number of carbonyl (C=O) groups excluding carboxylic acids is 1. The second-order valence-corrected chi connectivity index (χ2v) is 5.57. The van der Waals surface area contributed by atoms with E-state index >= 15 is 0 Å². The maximum Gasteiger partial charge on any atom is 0.218 e. The van der Waals surface area contributed by atoms with Crippen molar-refractivity contribution in [2.45, 2.75) is 0 Å². The minimum absolute atomic E-state index is 0.621. The van der Waals surface area contributed by atoms with Crippen LogP contribution in [0.15, 0.2) is 53.0 Å². The molecule has 3 rings (SSSR count). The van der Waals surface area contributed by atoms with Gasteiger partial charge in [0, 0.05) is 14.9 Å². The zero-order chi connectivity index (χ0) is 13.4. The van der Waals surface area contributed by atoms with E-state index in [0.717, 1.165) is 33.0 Å². The highest BCUT2D eigenvalue weighted by Crippen LogP contribution is 2.29. The molecule has 0 aliphatic carbocycles. The van der Waals surface area contributed by atoms with Crippen LogP contribution in [-0.4, -0.2) is 11.0 Å². The lowest BCUT2D eigenvalue weighted by Crippen LogP contribution is -1.96. The highest BCUT2D eigenvalue weighted by atomic mass is 79.9. The third-order valence-electron chi connectivity index (χ3n) is 3.05. The summed E-state index contributed by atoms with van der Waals surface area (Å²) in [5.74, 6) is 0. The second kappa shape index (κ2) is 4.83. The molecular formula is C15H9BrClNO. The van der Waals surface area contributed by atoms with E-state index in [1.54, 1.807) is 10.6 Å². The average Bonchev–Trinajstić information content (AvgIpc) is 2.77. The molecule has 0 radical (unpaired) electrons. The van der Waals surface area contributed by atoms with Crippen molar-refractivity contribution in [3.63, 3.8) is 0 Å². The van der Waals surface area contributed by atoms with Crippen LogP contribution in [0.4, 0.5) is 0 Å². The number of hydrogen-bond donors (Lipinski definition) is 0. The molecule has 0 unspecified atom stereocenters. The molecule has 1 aromatic heterocycles. The predicted molar refractivity (Wildman–Crippen MR) is 82.2 cm³/mol. The van der Waals surface area contributed by atoms with E-state index in [4.69, 9.17) is 11.6 Å². The monoisotopic (exact) mass is 333 g/mol. The van der Waals surface area contributed by atoms with Crippen molar-refractivity contribution in [3.8, 4) is 11.3 Å². The van der Waals surface area contributed by atoms with Gasteiger partial charge in [-0.25, -0.2) is 0 Å². The summed E-state index contributed by atoms with van der Waals surface area (Å²) in [6, 6.07) is 15.4. The summed E-state index contributed by atoms with van der Waals surface area (Å²) in [6.45, 7) is 0. The molecule has 0 amide bonds. The third-order valence-corrected chi connectivity index (χ3v) is 3.81. The molecule has 2 nitrogen and oxygen atoms in total. The summed E-state index contributed by atoms with van der Waals surface area (Å²) < 4.78 is 2.62. The van der Waals surface area contributed by atoms with Gasteiger partial charge < -0.3 is 0 Å². The van der Waals surface area contributed by atoms with Gasteiger partial charge in [-0.1, -0.05) is 45.7 Å². The fourth-order valence-corrected chi connectivity index (χ4v) is 2.58. The zero-order valence-corrected chi connectivity index (χ0v) is 12.1. The quantitative estimate of drug-likeness (QED) is 0.619. The third kappa shape index (κ3) is 2.20. The van der Waals surface area contributed by atoms with Gasteiger partial charge in [0.05, 0.1) is 11.2 Å². The van der Waals surface area contributed by atoms with Gasteiger partial charge in [0.15, 0.2) is 0 Å². The predicted octanol–water partition coefficient (Wildman–Crippen LogP) is 4.76. The van der Waals surface area contributed by atoms with Crippen LogP contribution in [-0.2, 0) is 4.79 Å². The summed E-state index contributed by atoms with van der Waals surface area (Å²) in [7, 11) is 0. The van der Waals surface area contributed by atoms with Gasteiger partial charge in [0.2, 0.25) is 6.41 Å². The number of halogens is 2. The Bertz CT molecular complexity index is 762. The molecule has 4 heteroatoms. The van der Waals surface area contributed by atoms with Crippen molar-refractivity contribution in [2.75, 3.05) is 0 Å². The molecule has 0 fully saturated rings. The van der Waals surface area contributed by atoms with Crippen LogP contribution in [0.25, 0.3) is 22.2 Å². The molecule has 0 saturated carbocycles. The van der Waals surface area contributed by atoms with Crippen molar-refractivity contribution in [1.29, 1.82) is 0 Å². The van der Waals surface area contributed by atoms with Gasteiger partial charge >= 0.3 is 0 Å². The standard InChI is InChI=1S/C15H9BrClNO/c16-12-4-1-10(2-5-12)14-7-11-3-6-13(17)8-15(11)18(14)9-19/h1-9H. The number of fused-ring (bicyclic) bond motifs is 1. The van der Waals surface area contributed by atoms with Crippen LogP contribution in [0.3, 0.4) is 0 Å². The molecule has 3 aromatic rings. The van der Waals surface area contributed by atoms with Crippen molar-refractivity contribution >= 4 is 44.8 Å². The Morgan fingerprint density at radius 3 is 2.47 bits per heavy atom. The molecular weight excluding hydrogens is 326 g/mol. The summed E-state index contributed by atoms with van der Waals surface area (Å²) in [4.78, 5) is 11.4.